The van der Waals surface area contributed by atoms with E-state index in [9.17, 15) is 18.8 Å². The van der Waals surface area contributed by atoms with Crippen molar-refractivity contribution in [3.63, 3.8) is 0 Å². The fourth-order valence-corrected chi connectivity index (χ4v) is 4.82. The molecule has 0 atom stereocenters. The van der Waals surface area contributed by atoms with Crippen molar-refractivity contribution in [1.29, 1.82) is 0 Å². The number of thioether (sulfide) groups is 1. The van der Waals surface area contributed by atoms with Crippen LogP contribution in [0.25, 0.3) is 6.08 Å². The molecular weight excluding hydrogens is 587 g/mol. The summed E-state index contributed by atoms with van der Waals surface area (Å²) >= 11 is 10.4. The predicted octanol–water partition coefficient (Wildman–Crippen LogP) is 6.50. The highest BCUT2D eigenvalue weighted by atomic mass is 79.9. The molecule has 1 fully saturated rings. The molecule has 37 heavy (non-hydrogen) atoms. The number of hydrogen-bond acceptors (Lipinski definition) is 6. The van der Waals surface area contributed by atoms with E-state index in [4.69, 9.17) is 21.1 Å². The molecule has 0 bridgehead atoms. The summed E-state index contributed by atoms with van der Waals surface area (Å²) in [6.45, 7) is -0.251. The Balaban J connectivity index is 1.47. The maximum Gasteiger partial charge on any atom is 0.294 e. The zero-order chi connectivity index (χ0) is 26.5. The van der Waals surface area contributed by atoms with Gasteiger partial charge in [0.1, 0.15) is 19.0 Å². The van der Waals surface area contributed by atoms with Crippen molar-refractivity contribution in [1.82, 2.24) is 4.90 Å². The van der Waals surface area contributed by atoms with Crippen LogP contribution in [0.2, 0.25) is 5.02 Å². The first kappa shape index (κ1) is 26.7. The molecule has 0 unspecified atom stereocenters. The number of rotatable bonds is 8. The van der Waals surface area contributed by atoms with Crippen LogP contribution in [0.3, 0.4) is 0 Å². The zero-order valence-electron chi connectivity index (χ0n) is 19.3. The van der Waals surface area contributed by atoms with Crippen LogP contribution >= 0.6 is 39.3 Å². The fraction of sp³-hybridized carbons (Fsp3) is 0.115. The van der Waals surface area contributed by atoms with Gasteiger partial charge in [-0.3, -0.25) is 19.3 Å². The molecule has 11 heteroatoms. The van der Waals surface area contributed by atoms with Gasteiger partial charge in [0.25, 0.3) is 11.1 Å². The molecule has 7 nitrogen and oxygen atoms in total. The van der Waals surface area contributed by atoms with Crippen molar-refractivity contribution in [3.05, 3.63) is 92.0 Å². The third-order valence-electron chi connectivity index (χ3n) is 5.21. The third kappa shape index (κ3) is 6.51. The van der Waals surface area contributed by atoms with Gasteiger partial charge in [0, 0.05) is 20.7 Å². The summed E-state index contributed by atoms with van der Waals surface area (Å²) < 4.78 is 25.0. The lowest BCUT2D eigenvalue weighted by atomic mass is 10.1. The summed E-state index contributed by atoms with van der Waals surface area (Å²) in [5.74, 6) is -0.763. The average molecular weight is 606 g/mol. The van der Waals surface area contributed by atoms with Crippen molar-refractivity contribution in [3.8, 4) is 11.5 Å². The van der Waals surface area contributed by atoms with Gasteiger partial charge in [-0.2, -0.15) is 0 Å². The lowest BCUT2D eigenvalue weighted by Gasteiger charge is -2.14. The molecule has 0 spiro atoms. The second-order valence-corrected chi connectivity index (χ2v) is 9.98. The molecular formula is C26H19BrClFN2O5S. The maximum absolute atomic E-state index is 13.1. The molecule has 0 aromatic heterocycles. The lowest BCUT2D eigenvalue weighted by Crippen LogP contribution is -2.36. The van der Waals surface area contributed by atoms with E-state index in [2.05, 4.69) is 21.2 Å². The standard InChI is InChI=1S/C26H19BrClFN2O5S/c1-35-21-10-16(19(27)12-22(21)36-14-15-4-2-3-5-20(15)28)11-23-25(33)31(26(34)37-23)13-24(32)30-18-8-6-17(29)7-9-18/h2-12H,13-14H2,1H3,(H,30,32)/b23-11-. The van der Waals surface area contributed by atoms with Crippen LogP contribution in [0.15, 0.2) is 70.0 Å². The predicted molar refractivity (Wildman–Crippen MR) is 144 cm³/mol. The number of imide groups is 1. The van der Waals surface area contributed by atoms with Crippen molar-refractivity contribution < 1.29 is 28.2 Å². The van der Waals surface area contributed by atoms with Gasteiger partial charge in [-0.15, -0.1) is 0 Å². The Bertz CT molecular complexity index is 1400. The van der Waals surface area contributed by atoms with Gasteiger partial charge >= 0.3 is 0 Å². The smallest absolute Gasteiger partial charge is 0.294 e. The van der Waals surface area contributed by atoms with E-state index in [1.54, 1.807) is 18.2 Å². The number of benzene rings is 3. The molecule has 1 aliphatic heterocycles. The minimum atomic E-state index is -0.603. The number of ether oxygens (including phenoxy) is 2. The SMILES string of the molecule is COc1cc(/C=C2\SC(=O)N(CC(=O)Nc3ccc(F)cc3)C2=O)c(Br)cc1OCc1ccccc1Cl. The van der Waals surface area contributed by atoms with Gasteiger partial charge in [-0.05, 0) is 65.9 Å². The van der Waals surface area contributed by atoms with Crippen molar-refractivity contribution in [2.75, 3.05) is 19.0 Å². The van der Waals surface area contributed by atoms with Gasteiger partial charge < -0.3 is 14.8 Å². The first-order valence-corrected chi connectivity index (χ1v) is 12.8. The molecule has 190 valence electrons. The van der Waals surface area contributed by atoms with E-state index >= 15 is 0 Å². The van der Waals surface area contributed by atoms with Gasteiger partial charge in [-0.1, -0.05) is 45.7 Å². The van der Waals surface area contributed by atoms with E-state index in [1.165, 1.54) is 37.5 Å². The second-order valence-electron chi connectivity index (χ2n) is 7.73. The van der Waals surface area contributed by atoms with Crippen LogP contribution < -0.4 is 14.8 Å². The molecule has 0 aliphatic carbocycles. The number of halogens is 3. The number of methoxy groups -OCH3 is 1. The lowest BCUT2D eigenvalue weighted by molar-refractivity contribution is -0.127. The molecule has 0 saturated carbocycles. The number of hydrogen-bond donors (Lipinski definition) is 1. The molecule has 1 heterocycles. The first-order chi connectivity index (χ1) is 17.7. The Labute approximate surface area is 229 Å². The van der Waals surface area contributed by atoms with E-state index in [-0.39, 0.29) is 11.5 Å². The monoisotopic (exact) mass is 604 g/mol. The van der Waals surface area contributed by atoms with Crippen molar-refractivity contribution >= 4 is 68.1 Å². The first-order valence-electron chi connectivity index (χ1n) is 10.8. The van der Waals surface area contributed by atoms with Crippen LogP contribution in [-0.2, 0) is 16.2 Å². The Hall–Kier alpha value is -3.34. The number of anilines is 1. The van der Waals surface area contributed by atoms with E-state index in [0.29, 0.717) is 32.2 Å². The molecule has 1 N–H and O–H groups in total. The van der Waals surface area contributed by atoms with Crippen LogP contribution in [0, 0.1) is 5.82 Å². The topological polar surface area (TPSA) is 84.9 Å². The summed E-state index contributed by atoms with van der Waals surface area (Å²) in [5.41, 5.74) is 1.73. The highest BCUT2D eigenvalue weighted by Gasteiger charge is 2.36. The van der Waals surface area contributed by atoms with E-state index in [1.807, 2.05) is 18.2 Å². The number of amides is 3. The minimum absolute atomic E-state index is 0.145. The molecule has 3 aromatic rings. The zero-order valence-corrected chi connectivity index (χ0v) is 22.5. The van der Waals surface area contributed by atoms with Gasteiger partial charge in [0.05, 0.1) is 12.0 Å². The highest BCUT2D eigenvalue weighted by molar-refractivity contribution is 9.10. The molecule has 4 rings (SSSR count). The Morgan fingerprint density at radius 3 is 2.57 bits per heavy atom. The molecule has 0 radical (unpaired) electrons. The average Bonchev–Trinajstić information content (AvgIpc) is 3.13. The fourth-order valence-electron chi connectivity index (χ4n) is 3.36. The van der Waals surface area contributed by atoms with Gasteiger partial charge in [-0.25, -0.2) is 4.39 Å². The van der Waals surface area contributed by atoms with Gasteiger partial charge in [0.2, 0.25) is 5.91 Å². The summed E-state index contributed by atoms with van der Waals surface area (Å²) in [6.07, 6.45) is 1.53. The van der Waals surface area contributed by atoms with Crippen LogP contribution in [0.1, 0.15) is 11.1 Å². The normalized spacial score (nSPS) is 14.3. The Kier molecular flexibility index (Phi) is 8.52. The summed E-state index contributed by atoms with van der Waals surface area (Å²) in [7, 11) is 1.49. The summed E-state index contributed by atoms with van der Waals surface area (Å²) in [4.78, 5) is 38.7. The number of nitrogens with zero attached hydrogens (tertiary/aromatic N) is 1. The second kappa shape index (κ2) is 11.8. The molecule has 1 saturated heterocycles. The molecule has 3 aromatic carbocycles. The van der Waals surface area contributed by atoms with Crippen molar-refractivity contribution in [2.45, 2.75) is 6.61 Å². The van der Waals surface area contributed by atoms with Crippen LogP contribution in [0.4, 0.5) is 14.9 Å². The summed E-state index contributed by atoms with van der Waals surface area (Å²) in [5, 5.41) is 2.54. The van der Waals surface area contributed by atoms with Crippen LogP contribution in [-0.4, -0.2) is 35.6 Å². The number of carbonyl (C=O) groups excluding carboxylic acids is 3. The highest BCUT2D eigenvalue weighted by Crippen LogP contribution is 2.38. The van der Waals surface area contributed by atoms with Crippen LogP contribution in [0.5, 0.6) is 11.5 Å². The maximum atomic E-state index is 13.1. The van der Waals surface area contributed by atoms with Crippen molar-refractivity contribution in [2.24, 2.45) is 0 Å². The number of nitrogens with one attached hydrogen (secondary N) is 1. The van der Waals surface area contributed by atoms with Gasteiger partial charge in [0.15, 0.2) is 11.5 Å². The Morgan fingerprint density at radius 2 is 1.86 bits per heavy atom. The largest absolute Gasteiger partial charge is 0.493 e. The van der Waals surface area contributed by atoms with E-state index in [0.717, 1.165) is 22.2 Å². The molecule has 3 amide bonds. The third-order valence-corrected chi connectivity index (χ3v) is 7.18. The minimum Gasteiger partial charge on any atom is -0.493 e. The summed E-state index contributed by atoms with van der Waals surface area (Å²) in [6, 6.07) is 15.8. The molecule has 1 aliphatic rings. The quantitative estimate of drug-likeness (QED) is 0.295. The number of carbonyl (C=O) groups is 3. The Morgan fingerprint density at radius 1 is 1.14 bits per heavy atom. The van der Waals surface area contributed by atoms with E-state index < -0.39 is 29.4 Å².